The predicted molar refractivity (Wildman–Crippen MR) is 133 cm³/mol. The lowest BCUT2D eigenvalue weighted by Gasteiger charge is -2.19. The van der Waals surface area contributed by atoms with E-state index in [1.807, 2.05) is 0 Å². The number of alkyl halides is 1. The first kappa shape index (κ1) is 24.2. The number of aromatic nitrogens is 3. The molecule has 0 spiro atoms. The molecule has 9 nitrogen and oxygen atoms in total. The Bertz CT molecular complexity index is 1380. The summed E-state index contributed by atoms with van der Waals surface area (Å²) in [5.41, 5.74) is 0.758. The summed E-state index contributed by atoms with van der Waals surface area (Å²) in [6.45, 7) is 5.53. The standard InChI is InChI=1S/C23H24BrN3O6S/c1-23(2,3)33-22(31)27-18-11-15(12-28)34-20(18)19(25-27)17-9-13-5-6-14(32-8-4-7-24)10-16(13)26(17)21(29)30/h5-6,9-11,28H,4,7-8,12H2,1-3H3,(H,29,30). The van der Waals surface area contributed by atoms with E-state index in [4.69, 9.17) is 9.47 Å². The molecule has 4 rings (SSSR count). The molecule has 0 bridgehead atoms. The highest BCUT2D eigenvalue weighted by Crippen LogP contribution is 2.38. The van der Waals surface area contributed by atoms with Gasteiger partial charge in [-0.15, -0.1) is 11.3 Å². The molecule has 0 saturated heterocycles. The lowest BCUT2D eigenvalue weighted by Crippen LogP contribution is -2.27. The molecule has 0 aliphatic heterocycles. The molecule has 0 aliphatic rings. The predicted octanol–water partition coefficient (Wildman–Crippen LogP) is 5.68. The van der Waals surface area contributed by atoms with Gasteiger partial charge in [0.1, 0.15) is 17.0 Å². The van der Waals surface area contributed by atoms with Gasteiger partial charge >= 0.3 is 12.2 Å². The average molecular weight is 550 g/mol. The molecule has 180 valence electrons. The van der Waals surface area contributed by atoms with E-state index in [2.05, 4.69) is 21.0 Å². The molecule has 3 heterocycles. The van der Waals surface area contributed by atoms with Crippen LogP contribution >= 0.6 is 27.3 Å². The van der Waals surface area contributed by atoms with E-state index in [1.165, 1.54) is 11.3 Å². The average Bonchev–Trinajstić information content (AvgIpc) is 3.43. The Morgan fingerprint density at radius 1 is 1.18 bits per heavy atom. The largest absolute Gasteiger partial charge is 0.493 e. The summed E-state index contributed by atoms with van der Waals surface area (Å²) in [5.74, 6) is 0.559. The number of fused-ring (bicyclic) bond motifs is 2. The van der Waals surface area contributed by atoms with Gasteiger partial charge in [0, 0.05) is 21.7 Å². The Morgan fingerprint density at radius 3 is 2.59 bits per heavy atom. The molecule has 0 saturated carbocycles. The van der Waals surface area contributed by atoms with Gasteiger partial charge in [0.25, 0.3) is 0 Å². The smallest absolute Gasteiger partial charge is 0.435 e. The van der Waals surface area contributed by atoms with Crippen LogP contribution in [0.4, 0.5) is 9.59 Å². The number of halogens is 1. The van der Waals surface area contributed by atoms with Crippen LogP contribution in [-0.2, 0) is 11.3 Å². The van der Waals surface area contributed by atoms with Crippen LogP contribution in [0.5, 0.6) is 5.75 Å². The topological polar surface area (TPSA) is 116 Å². The third kappa shape index (κ3) is 4.68. The van der Waals surface area contributed by atoms with Gasteiger partial charge < -0.3 is 19.7 Å². The van der Waals surface area contributed by atoms with E-state index in [1.54, 1.807) is 51.1 Å². The van der Waals surface area contributed by atoms with E-state index < -0.39 is 17.8 Å². The fraction of sp³-hybridized carbons (Fsp3) is 0.348. The summed E-state index contributed by atoms with van der Waals surface area (Å²) in [6, 6.07) is 8.62. The molecule has 4 aromatic rings. The Morgan fingerprint density at radius 2 is 1.94 bits per heavy atom. The zero-order chi connectivity index (χ0) is 24.6. The van der Waals surface area contributed by atoms with E-state index in [9.17, 15) is 19.8 Å². The normalized spacial score (nSPS) is 11.9. The molecule has 2 N–H and O–H groups in total. The number of aliphatic hydroxyl groups is 1. The third-order valence-electron chi connectivity index (χ3n) is 4.89. The molecular weight excluding hydrogens is 526 g/mol. The first-order valence-corrected chi connectivity index (χ1v) is 12.5. The first-order chi connectivity index (χ1) is 16.1. The molecule has 0 atom stereocenters. The zero-order valence-corrected chi connectivity index (χ0v) is 21.3. The van der Waals surface area contributed by atoms with Gasteiger partial charge in [0.05, 0.1) is 34.6 Å². The number of rotatable bonds is 6. The van der Waals surface area contributed by atoms with Crippen molar-refractivity contribution in [3.05, 3.63) is 35.2 Å². The van der Waals surface area contributed by atoms with Gasteiger partial charge in [-0.2, -0.15) is 9.78 Å². The minimum absolute atomic E-state index is 0.218. The zero-order valence-electron chi connectivity index (χ0n) is 18.9. The molecule has 34 heavy (non-hydrogen) atoms. The van der Waals surface area contributed by atoms with Crippen LogP contribution in [0.2, 0.25) is 0 Å². The van der Waals surface area contributed by atoms with Crippen LogP contribution in [0.25, 0.3) is 32.5 Å². The molecular formula is C23H24BrN3O6S. The molecule has 0 unspecified atom stereocenters. The Labute approximate surface area is 207 Å². The van der Waals surface area contributed by atoms with E-state index in [-0.39, 0.29) is 6.61 Å². The van der Waals surface area contributed by atoms with Crippen molar-refractivity contribution in [2.45, 2.75) is 39.4 Å². The number of thiophene rings is 1. The van der Waals surface area contributed by atoms with E-state index in [0.717, 1.165) is 21.0 Å². The maximum Gasteiger partial charge on any atom is 0.435 e. The van der Waals surface area contributed by atoms with Crippen molar-refractivity contribution < 1.29 is 29.3 Å². The number of aliphatic hydroxyl groups excluding tert-OH is 1. The summed E-state index contributed by atoms with van der Waals surface area (Å²) in [7, 11) is 0. The highest BCUT2D eigenvalue weighted by atomic mass is 79.9. The van der Waals surface area contributed by atoms with Crippen LogP contribution < -0.4 is 4.74 Å². The Balaban J connectivity index is 1.89. The molecule has 11 heteroatoms. The van der Waals surface area contributed by atoms with E-state index in [0.29, 0.717) is 49.7 Å². The minimum atomic E-state index is -1.19. The van der Waals surface area contributed by atoms with Gasteiger partial charge in [0.15, 0.2) is 0 Å². The summed E-state index contributed by atoms with van der Waals surface area (Å²) in [6.07, 6.45) is -1.07. The number of hydrogen-bond acceptors (Lipinski definition) is 7. The quantitative estimate of drug-likeness (QED) is 0.234. The van der Waals surface area contributed by atoms with Gasteiger partial charge in [-0.1, -0.05) is 15.9 Å². The molecule has 0 fully saturated rings. The van der Waals surface area contributed by atoms with Crippen molar-refractivity contribution in [1.29, 1.82) is 0 Å². The van der Waals surface area contributed by atoms with Crippen molar-refractivity contribution >= 4 is 60.6 Å². The number of nitrogens with zero attached hydrogens (tertiary/aromatic N) is 3. The molecule has 0 amide bonds. The van der Waals surface area contributed by atoms with Crippen LogP contribution in [0, 0.1) is 0 Å². The fourth-order valence-electron chi connectivity index (χ4n) is 3.54. The molecule has 0 radical (unpaired) electrons. The highest BCUT2D eigenvalue weighted by molar-refractivity contribution is 9.09. The Hall–Kier alpha value is -2.89. The molecule has 3 aromatic heterocycles. The van der Waals surface area contributed by atoms with Gasteiger partial charge in [-0.25, -0.2) is 14.2 Å². The SMILES string of the molecule is CC(C)(C)OC(=O)n1nc(-c2cc3ccc(OCCCBr)cc3n2C(=O)O)c2sc(CO)cc21. The van der Waals surface area contributed by atoms with Crippen molar-refractivity contribution in [2.24, 2.45) is 0 Å². The highest BCUT2D eigenvalue weighted by Gasteiger charge is 2.27. The second kappa shape index (κ2) is 9.40. The fourth-order valence-corrected chi connectivity index (χ4v) is 4.76. The first-order valence-electron chi connectivity index (χ1n) is 10.6. The second-order valence-electron chi connectivity index (χ2n) is 8.59. The minimum Gasteiger partial charge on any atom is -0.493 e. The molecule has 0 aliphatic carbocycles. The number of benzene rings is 1. The lowest BCUT2D eigenvalue weighted by atomic mass is 10.2. The van der Waals surface area contributed by atoms with Crippen molar-refractivity contribution in [3.63, 3.8) is 0 Å². The maximum atomic E-state index is 12.9. The Kier molecular flexibility index (Phi) is 6.70. The van der Waals surface area contributed by atoms with Gasteiger partial charge in [-0.05, 0) is 51.5 Å². The van der Waals surface area contributed by atoms with Crippen LogP contribution in [0.3, 0.4) is 0 Å². The number of hydrogen-bond donors (Lipinski definition) is 2. The number of carbonyl (C=O) groups is 2. The second-order valence-corrected chi connectivity index (χ2v) is 10.5. The monoisotopic (exact) mass is 549 g/mol. The van der Waals surface area contributed by atoms with Crippen molar-refractivity contribution in [2.75, 3.05) is 11.9 Å². The summed E-state index contributed by atoms with van der Waals surface area (Å²) in [4.78, 5) is 25.8. The summed E-state index contributed by atoms with van der Waals surface area (Å²) in [5, 5.41) is 25.7. The summed E-state index contributed by atoms with van der Waals surface area (Å²) >= 11 is 4.60. The van der Waals surface area contributed by atoms with Crippen molar-refractivity contribution in [1.82, 2.24) is 14.3 Å². The van der Waals surface area contributed by atoms with Crippen molar-refractivity contribution in [3.8, 4) is 17.1 Å². The van der Waals surface area contributed by atoms with Crippen LogP contribution in [-0.4, -0.2) is 54.3 Å². The molecule has 1 aromatic carbocycles. The van der Waals surface area contributed by atoms with Gasteiger partial charge in [0.2, 0.25) is 0 Å². The van der Waals surface area contributed by atoms with Gasteiger partial charge in [-0.3, -0.25) is 0 Å². The lowest BCUT2D eigenvalue weighted by molar-refractivity contribution is 0.0523. The number of carbonyl (C=O) groups excluding carboxylic acids is 1. The number of ether oxygens (including phenoxy) is 2. The van der Waals surface area contributed by atoms with Crippen LogP contribution in [0.15, 0.2) is 30.3 Å². The summed E-state index contributed by atoms with van der Waals surface area (Å²) < 4.78 is 14.0. The third-order valence-corrected chi connectivity index (χ3v) is 6.56. The van der Waals surface area contributed by atoms with Crippen LogP contribution in [0.1, 0.15) is 32.1 Å². The number of carboxylic acid groups (broad SMARTS) is 1. The maximum absolute atomic E-state index is 12.9. The van der Waals surface area contributed by atoms with E-state index >= 15 is 0 Å².